The molecular weight excluding hydrogens is 256 g/mol. The van der Waals surface area contributed by atoms with E-state index in [2.05, 4.69) is 13.8 Å². The predicted octanol–water partition coefficient (Wildman–Crippen LogP) is 6.36. The monoisotopic (exact) mass is 294 g/mol. The van der Waals surface area contributed by atoms with Gasteiger partial charge in [-0.15, -0.1) is 0 Å². The molecule has 2 aliphatic carbocycles. The van der Waals surface area contributed by atoms with Crippen LogP contribution in [-0.4, -0.2) is 12.7 Å². The summed E-state index contributed by atoms with van der Waals surface area (Å²) in [6.45, 7) is 5.60. The summed E-state index contributed by atoms with van der Waals surface area (Å²) < 4.78 is 5.99. The van der Waals surface area contributed by atoms with Gasteiger partial charge in [0.25, 0.3) is 0 Å². The maximum atomic E-state index is 5.99. The first-order valence-corrected chi connectivity index (χ1v) is 9.93. The molecular formula is C20H38O. The third kappa shape index (κ3) is 6.30. The fourth-order valence-corrected chi connectivity index (χ4v) is 4.38. The molecule has 1 heteroatoms. The fourth-order valence-electron chi connectivity index (χ4n) is 4.38. The Kier molecular flexibility index (Phi) is 8.14. The van der Waals surface area contributed by atoms with Crippen molar-refractivity contribution in [2.24, 2.45) is 17.8 Å². The molecule has 0 aliphatic heterocycles. The Labute approximate surface area is 133 Å². The van der Waals surface area contributed by atoms with Crippen molar-refractivity contribution in [1.82, 2.24) is 0 Å². The van der Waals surface area contributed by atoms with E-state index < -0.39 is 0 Å². The van der Waals surface area contributed by atoms with Gasteiger partial charge in [0, 0.05) is 6.61 Å². The van der Waals surface area contributed by atoms with Crippen LogP contribution >= 0.6 is 0 Å². The van der Waals surface area contributed by atoms with E-state index in [1.54, 1.807) is 0 Å². The first kappa shape index (κ1) is 17.3. The van der Waals surface area contributed by atoms with Crippen LogP contribution in [0.3, 0.4) is 0 Å². The number of ether oxygens (including phenoxy) is 1. The van der Waals surface area contributed by atoms with Crippen molar-refractivity contribution < 1.29 is 4.74 Å². The number of hydrogen-bond acceptors (Lipinski definition) is 1. The minimum Gasteiger partial charge on any atom is -0.378 e. The van der Waals surface area contributed by atoms with E-state index >= 15 is 0 Å². The molecule has 124 valence electrons. The molecule has 2 rings (SSSR count). The van der Waals surface area contributed by atoms with Crippen LogP contribution < -0.4 is 0 Å². The van der Waals surface area contributed by atoms with Crippen LogP contribution in [0.2, 0.25) is 0 Å². The average Bonchev–Trinajstić information content (AvgIpc) is 2.55. The van der Waals surface area contributed by atoms with Gasteiger partial charge < -0.3 is 4.74 Å². The largest absolute Gasteiger partial charge is 0.378 e. The average molecular weight is 295 g/mol. The van der Waals surface area contributed by atoms with Crippen LogP contribution in [0.5, 0.6) is 0 Å². The van der Waals surface area contributed by atoms with E-state index in [1.807, 2.05) is 0 Å². The lowest BCUT2D eigenvalue weighted by atomic mass is 9.76. The lowest BCUT2D eigenvalue weighted by molar-refractivity contribution is 0.0150. The zero-order valence-corrected chi connectivity index (χ0v) is 14.6. The van der Waals surface area contributed by atoms with Crippen molar-refractivity contribution in [3.63, 3.8) is 0 Å². The highest BCUT2D eigenvalue weighted by atomic mass is 16.5. The third-order valence-corrected chi connectivity index (χ3v) is 6.17. The van der Waals surface area contributed by atoms with Gasteiger partial charge in [0.05, 0.1) is 6.10 Å². The van der Waals surface area contributed by atoms with E-state index in [0.717, 1.165) is 24.4 Å². The highest BCUT2D eigenvalue weighted by Gasteiger charge is 2.24. The number of hydrogen-bond donors (Lipinski definition) is 0. The Morgan fingerprint density at radius 1 is 0.714 bits per heavy atom. The van der Waals surface area contributed by atoms with Crippen LogP contribution in [0.4, 0.5) is 0 Å². The molecule has 0 aromatic rings. The summed E-state index contributed by atoms with van der Waals surface area (Å²) in [4.78, 5) is 0. The smallest absolute Gasteiger partial charge is 0.0575 e. The standard InChI is InChI=1S/C20H38O/c1-3-5-16-21-20-14-12-19(13-15-20)11-10-18-8-6-17(4-2)7-9-18/h17-20H,3-16H2,1-2H3. The van der Waals surface area contributed by atoms with Crippen molar-refractivity contribution in [3.8, 4) is 0 Å². The quantitative estimate of drug-likeness (QED) is 0.473. The summed E-state index contributed by atoms with van der Waals surface area (Å²) >= 11 is 0. The summed E-state index contributed by atoms with van der Waals surface area (Å²) in [5.41, 5.74) is 0. The summed E-state index contributed by atoms with van der Waals surface area (Å²) in [7, 11) is 0. The normalized spacial score (nSPS) is 34.0. The van der Waals surface area contributed by atoms with Gasteiger partial charge in [0.2, 0.25) is 0 Å². The van der Waals surface area contributed by atoms with E-state index in [-0.39, 0.29) is 0 Å². The SMILES string of the molecule is CCCCOC1CCC(CCC2CCC(CC)CC2)CC1. The van der Waals surface area contributed by atoms with E-state index in [0.29, 0.717) is 6.10 Å². The van der Waals surface area contributed by atoms with Crippen molar-refractivity contribution in [2.75, 3.05) is 6.61 Å². The van der Waals surface area contributed by atoms with Gasteiger partial charge in [0.15, 0.2) is 0 Å². The lowest BCUT2D eigenvalue weighted by Gasteiger charge is -2.31. The molecule has 0 saturated heterocycles. The maximum Gasteiger partial charge on any atom is 0.0575 e. The number of rotatable bonds is 8. The van der Waals surface area contributed by atoms with Gasteiger partial charge >= 0.3 is 0 Å². The van der Waals surface area contributed by atoms with Crippen molar-refractivity contribution in [3.05, 3.63) is 0 Å². The molecule has 2 aliphatic rings. The van der Waals surface area contributed by atoms with Gasteiger partial charge in [-0.05, 0) is 49.9 Å². The summed E-state index contributed by atoms with van der Waals surface area (Å²) in [5, 5.41) is 0. The fraction of sp³-hybridized carbons (Fsp3) is 1.00. The Morgan fingerprint density at radius 3 is 1.76 bits per heavy atom. The first-order valence-electron chi connectivity index (χ1n) is 9.93. The van der Waals surface area contributed by atoms with Crippen LogP contribution in [-0.2, 0) is 4.74 Å². The van der Waals surface area contributed by atoms with Crippen LogP contribution in [0.1, 0.15) is 97.3 Å². The molecule has 2 fully saturated rings. The summed E-state index contributed by atoms with van der Waals surface area (Å²) in [6, 6.07) is 0. The molecule has 0 aromatic heterocycles. The Hall–Kier alpha value is -0.0400. The molecule has 0 unspecified atom stereocenters. The predicted molar refractivity (Wildman–Crippen MR) is 91.6 cm³/mol. The second-order valence-corrected chi connectivity index (χ2v) is 7.74. The molecule has 21 heavy (non-hydrogen) atoms. The van der Waals surface area contributed by atoms with Crippen molar-refractivity contribution in [2.45, 2.75) is 103 Å². The van der Waals surface area contributed by atoms with Gasteiger partial charge in [-0.2, -0.15) is 0 Å². The second-order valence-electron chi connectivity index (χ2n) is 7.74. The Balaban J connectivity index is 1.53. The van der Waals surface area contributed by atoms with Gasteiger partial charge in [-0.1, -0.05) is 65.2 Å². The summed E-state index contributed by atoms with van der Waals surface area (Å²) in [6.07, 6.45) is 19.1. The molecule has 0 radical (unpaired) electrons. The molecule has 1 nitrogen and oxygen atoms in total. The Bertz CT molecular complexity index is 247. The zero-order valence-electron chi connectivity index (χ0n) is 14.6. The van der Waals surface area contributed by atoms with Gasteiger partial charge in [0.1, 0.15) is 0 Å². The van der Waals surface area contributed by atoms with E-state index in [4.69, 9.17) is 4.74 Å². The molecule has 0 N–H and O–H groups in total. The Morgan fingerprint density at radius 2 is 1.24 bits per heavy atom. The number of unbranched alkanes of at least 4 members (excludes halogenated alkanes) is 1. The highest BCUT2D eigenvalue weighted by Crippen LogP contribution is 2.36. The topological polar surface area (TPSA) is 9.23 Å². The molecule has 0 amide bonds. The molecule has 0 heterocycles. The molecule has 0 atom stereocenters. The van der Waals surface area contributed by atoms with Crippen molar-refractivity contribution in [1.29, 1.82) is 0 Å². The molecule has 0 spiro atoms. The van der Waals surface area contributed by atoms with Gasteiger partial charge in [-0.25, -0.2) is 0 Å². The molecule has 0 bridgehead atoms. The van der Waals surface area contributed by atoms with Crippen LogP contribution in [0.15, 0.2) is 0 Å². The van der Waals surface area contributed by atoms with Gasteiger partial charge in [-0.3, -0.25) is 0 Å². The van der Waals surface area contributed by atoms with E-state index in [1.165, 1.54) is 83.5 Å². The van der Waals surface area contributed by atoms with Crippen LogP contribution in [0, 0.1) is 17.8 Å². The second kappa shape index (κ2) is 9.87. The maximum absolute atomic E-state index is 5.99. The first-order chi connectivity index (χ1) is 10.3. The zero-order chi connectivity index (χ0) is 14.9. The van der Waals surface area contributed by atoms with Crippen LogP contribution in [0.25, 0.3) is 0 Å². The summed E-state index contributed by atoms with van der Waals surface area (Å²) in [5.74, 6) is 3.13. The minimum atomic E-state index is 0.591. The third-order valence-electron chi connectivity index (χ3n) is 6.17. The molecule has 2 saturated carbocycles. The van der Waals surface area contributed by atoms with Crippen molar-refractivity contribution >= 4 is 0 Å². The molecule has 0 aromatic carbocycles. The highest BCUT2D eigenvalue weighted by molar-refractivity contribution is 4.76. The lowest BCUT2D eigenvalue weighted by Crippen LogP contribution is -2.23. The van der Waals surface area contributed by atoms with E-state index in [9.17, 15) is 0 Å². The minimum absolute atomic E-state index is 0.591.